The standard InChI is InChI=1S/C16H26FN/c1-5-16(14-8-6-7-9-15(14)17)18-13(4)11-10-12(2)3/h6-9,12-13,16,18H,5,10-11H2,1-4H3. The molecule has 0 aliphatic heterocycles. The maximum absolute atomic E-state index is 13.8. The summed E-state index contributed by atoms with van der Waals surface area (Å²) in [5.74, 6) is 0.621. The van der Waals surface area contributed by atoms with Gasteiger partial charge in [0, 0.05) is 17.6 Å². The van der Waals surface area contributed by atoms with E-state index < -0.39 is 0 Å². The smallest absolute Gasteiger partial charge is 0.127 e. The van der Waals surface area contributed by atoms with Crippen molar-refractivity contribution in [3.05, 3.63) is 35.6 Å². The topological polar surface area (TPSA) is 12.0 Å². The highest BCUT2D eigenvalue weighted by molar-refractivity contribution is 5.21. The minimum atomic E-state index is -0.104. The summed E-state index contributed by atoms with van der Waals surface area (Å²) in [6.07, 6.45) is 3.26. The lowest BCUT2D eigenvalue weighted by molar-refractivity contribution is 0.390. The molecule has 0 bridgehead atoms. The Kier molecular flexibility index (Phi) is 6.34. The predicted octanol–water partition coefficient (Wildman–Crippen LogP) is 4.69. The Morgan fingerprint density at radius 3 is 2.33 bits per heavy atom. The number of nitrogens with one attached hydrogen (secondary N) is 1. The van der Waals surface area contributed by atoms with Crippen molar-refractivity contribution in [2.75, 3.05) is 0 Å². The minimum absolute atomic E-state index is 0.104. The zero-order chi connectivity index (χ0) is 13.5. The molecule has 0 saturated heterocycles. The summed E-state index contributed by atoms with van der Waals surface area (Å²) >= 11 is 0. The largest absolute Gasteiger partial charge is 0.307 e. The highest BCUT2D eigenvalue weighted by Gasteiger charge is 2.15. The Morgan fingerprint density at radius 2 is 1.78 bits per heavy atom. The second-order valence-electron chi connectivity index (χ2n) is 5.52. The van der Waals surface area contributed by atoms with Crippen LogP contribution in [-0.4, -0.2) is 6.04 Å². The van der Waals surface area contributed by atoms with Crippen molar-refractivity contribution in [3.8, 4) is 0 Å². The highest BCUT2D eigenvalue weighted by Crippen LogP contribution is 2.21. The van der Waals surface area contributed by atoms with E-state index in [1.165, 1.54) is 6.42 Å². The van der Waals surface area contributed by atoms with Crippen molar-refractivity contribution in [2.24, 2.45) is 5.92 Å². The molecule has 0 radical (unpaired) electrons. The van der Waals surface area contributed by atoms with Crippen LogP contribution in [0.2, 0.25) is 0 Å². The van der Waals surface area contributed by atoms with Gasteiger partial charge in [-0.15, -0.1) is 0 Å². The van der Waals surface area contributed by atoms with Crippen LogP contribution in [-0.2, 0) is 0 Å². The van der Waals surface area contributed by atoms with Gasteiger partial charge in [0.2, 0.25) is 0 Å². The fraction of sp³-hybridized carbons (Fsp3) is 0.625. The Hall–Kier alpha value is -0.890. The van der Waals surface area contributed by atoms with Crippen LogP contribution in [0.25, 0.3) is 0 Å². The summed E-state index contributed by atoms with van der Waals surface area (Å²) in [6.45, 7) is 8.76. The maximum Gasteiger partial charge on any atom is 0.127 e. The van der Waals surface area contributed by atoms with Gasteiger partial charge in [-0.1, -0.05) is 39.0 Å². The van der Waals surface area contributed by atoms with E-state index in [1.807, 2.05) is 12.1 Å². The second kappa shape index (κ2) is 7.52. The molecule has 102 valence electrons. The van der Waals surface area contributed by atoms with Crippen molar-refractivity contribution < 1.29 is 4.39 Å². The Morgan fingerprint density at radius 1 is 1.11 bits per heavy atom. The maximum atomic E-state index is 13.8. The molecule has 2 atom stereocenters. The molecule has 0 fully saturated rings. The number of hydrogen-bond donors (Lipinski definition) is 1. The third-order valence-electron chi connectivity index (χ3n) is 3.35. The highest BCUT2D eigenvalue weighted by atomic mass is 19.1. The molecule has 0 heterocycles. The molecular formula is C16H26FN. The van der Waals surface area contributed by atoms with Gasteiger partial charge in [0.15, 0.2) is 0 Å². The molecule has 1 nitrogen and oxygen atoms in total. The molecule has 1 rings (SSSR count). The monoisotopic (exact) mass is 251 g/mol. The summed E-state index contributed by atoms with van der Waals surface area (Å²) in [5.41, 5.74) is 0.788. The van der Waals surface area contributed by atoms with E-state index in [1.54, 1.807) is 12.1 Å². The van der Waals surface area contributed by atoms with E-state index in [0.29, 0.717) is 6.04 Å². The van der Waals surface area contributed by atoms with Gasteiger partial charge in [0.05, 0.1) is 0 Å². The van der Waals surface area contributed by atoms with Crippen LogP contribution in [0.15, 0.2) is 24.3 Å². The van der Waals surface area contributed by atoms with Crippen molar-refractivity contribution in [3.63, 3.8) is 0 Å². The normalized spacial score (nSPS) is 14.8. The van der Waals surface area contributed by atoms with Gasteiger partial charge >= 0.3 is 0 Å². The molecule has 2 unspecified atom stereocenters. The fourth-order valence-electron chi connectivity index (χ4n) is 2.20. The van der Waals surface area contributed by atoms with Gasteiger partial charge in [-0.3, -0.25) is 0 Å². The fourth-order valence-corrected chi connectivity index (χ4v) is 2.20. The molecule has 0 saturated carbocycles. The Bertz CT molecular complexity index is 349. The van der Waals surface area contributed by atoms with E-state index in [-0.39, 0.29) is 11.9 Å². The van der Waals surface area contributed by atoms with Gasteiger partial charge in [0.25, 0.3) is 0 Å². The molecule has 0 spiro atoms. The number of hydrogen-bond acceptors (Lipinski definition) is 1. The van der Waals surface area contributed by atoms with Gasteiger partial charge in [-0.25, -0.2) is 4.39 Å². The number of rotatable bonds is 7. The van der Waals surface area contributed by atoms with Crippen LogP contribution in [0, 0.1) is 11.7 Å². The van der Waals surface area contributed by atoms with Crippen molar-refractivity contribution in [1.29, 1.82) is 0 Å². The molecule has 18 heavy (non-hydrogen) atoms. The average Bonchev–Trinajstić information content (AvgIpc) is 2.34. The van der Waals surface area contributed by atoms with Crippen LogP contribution < -0.4 is 5.32 Å². The lowest BCUT2D eigenvalue weighted by atomic mass is 10.00. The molecule has 1 aromatic rings. The molecule has 0 amide bonds. The molecule has 0 aliphatic carbocycles. The first-order valence-corrected chi connectivity index (χ1v) is 7.05. The summed E-state index contributed by atoms with van der Waals surface area (Å²) in [6, 6.07) is 7.62. The second-order valence-corrected chi connectivity index (χ2v) is 5.52. The van der Waals surface area contributed by atoms with E-state index in [4.69, 9.17) is 0 Å². The van der Waals surface area contributed by atoms with Gasteiger partial charge in [-0.05, 0) is 38.2 Å². The van der Waals surface area contributed by atoms with E-state index in [2.05, 4.69) is 33.0 Å². The first kappa shape index (κ1) is 15.2. The quantitative estimate of drug-likeness (QED) is 0.741. The van der Waals surface area contributed by atoms with E-state index >= 15 is 0 Å². The van der Waals surface area contributed by atoms with Crippen LogP contribution >= 0.6 is 0 Å². The summed E-state index contributed by atoms with van der Waals surface area (Å²) in [4.78, 5) is 0. The molecular weight excluding hydrogens is 225 g/mol. The zero-order valence-corrected chi connectivity index (χ0v) is 12.0. The first-order chi connectivity index (χ1) is 8.54. The first-order valence-electron chi connectivity index (χ1n) is 7.05. The van der Waals surface area contributed by atoms with Crippen LogP contribution in [0.3, 0.4) is 0 Å². The Labute approximate surface area is 111 Å². The molecule has 0 aliphatic rings. The SMILES string of the molecule is CCC(NC(C)CCC(C)C)c1ccccc1F. The van der Waals surface area contributed by atoms with Gasteiger partial charge in [-0.2, -0.15) is 0 Å². The molecule has 2 heteroatoms. The van der Waals surface area contributed by atoms with Crippen LogP contribution in [0.5, 0.6) is 0 Å². The van der Waals surface area contributed by atoms with Crippen LogP contribution in [0.1, 0.15) is 58.6 Å². The molecule has 0 aromatic heterocycles. The summed E-state index contributed by atoms with van der Waals surface area (Å²) in [7, 11) is 0. The van der Waals surface area contributed by atoms with Crippen molar-refractivity contribution >= 4 is 0 Å². The Balaban J connectivity index is 2.59. The molecule has 1 N–H and O–H groups in total. The van der Waals surface area contributed by atoms with Gasteiger partial charge < -0.3 is 5.32 Å². The van der Waals surface area contributed by atoms with E-state index in [9.17, 15) is 4.39 Å². The summed E-state index contributed by atoms with van der Waals surface area (Å²) < 4.78 is 13.8. The summed E-state index contributed by atoms with van der Waals surface area (Å²) in [5, 5.41) is 3.54. The molecule has 1 aromatic carbocycles. The van der Waals surface area contributed by atoms with E-state index in [0.717, 1.165) is 24.3 Å². The number of halogens is 1. The van der Waals surface area contributed by atoms with Gasteiger partial charge in [0.1, 0.15) is 5.82 Å². The average molecular weight is 251 g/mol. The van der Waals surface area contributed by atoms with Crippen molar-refractivity contribution in [1.82, 2.24) is 5.32 Å². The third kappa shape index (κ3) is 4.77. The lowest BCUT2D eigenvalue weighted by Crippen LogP contribution is -2.31. The number of benzene rings is 1. The van der Waals surface area contributed by atoms with Crippen LogP contribution in [0.4, 0.5) is 4.39 Å². The lowest BCUT2D eigenvalue weighted by Gasteiger charge is -2.23. The third-order valence-corrected chi connectivity index (χ3v) is 3.35. The van der Waals surface area contributed by atoms with Crippen molar-refractivity contribution in [2.45, 2.75) is 59.0 Å². The minimum Gasteiger partial charge on any atom is -0.307 e. The zero-order valence-electron chi connectivity index (χ0n) is 12.0. The predicted molar refractivity (Wildman–Crippen MR) is 76.1 cm³/mol.